The summed E-state index contributed by atoms with van der Waals surface area (Å²) in [6.07, 6.45) is 1.77. The van der Waals surface area contributed by atoms with Gasteiger partial charge in [-0.15, -0.1) is 0 Å². The Kier molecular flexibility index (Phi) is 3.60. The summed E-state index contributed by atoms with van der Waals surface area (Å²) in [5.41, 5.74) is 0.519. The average molecular weight is 263 g/mol. The van der Waals surface area contributed by atoms with Crippen molar-refractivity contribution in [3.8, 4) is 0 Å². The Morgan fingerprint density at radius 3 is 2.84 bits per heavy atom. The van der Waals surface area contributed by atoms with Gasteiger partial charge in [-0.05, 0) is 12.1 Å². The average Bonchev–Trinajstić information content (AvgIpc) is 3.04. The third-order valence-electron chi connectivity index (χ3n) is 2.47. The first kappa shape index (κ1) is 12.8. The van der Waals surface area contributed by atoms with E-state index >= 15 is 0 Å². The van der Waals surface area contributed by atoms with Crippen LogP contribution in [0.3, 0.4) is 0 Å². The standard InChI is InChI=1S/C11H13N5O3/c1-12-11(18)9-14-8(19-15-9)6-13-10(17)7-4-3-5-16(7)2/h3-5H,6H2,1-2H3,(H,12,18)(H,13,17). The summed E-state index contributed by atoms with van der Waals surface area (Å²) < 4.78 is 6.54. The minimum Gasteiger partial charge on any atom is -0.352 e. The van der Waals surface area contributed by atoms with Crippen molar-refractivity contribution in [3.05, 3.63) is 35.7 Å². The molecule has 0 bridgehead atoms. The van der Waals surface area contributed by atoms with Crippen LogP contribution in [0.4, 0.5) is 0 Å². The molecule has 2 N–H and O–H groups in total. The molecule has 2 amide bonds. The van der Waals surface area contributed by atoms with Gasteiger partial charge < -0.3 is 19.7 Å². The molecule has 0 spiro atoms. The Hall–Kier alpha value is -2.64. The van der Waals surface area contributed by atoms with Crippen molar-refractivity contribution < 1.29 is 14.1 Å². The van der Waals surface area contributed by atoms with Gasteiger partial charge in [-0.2, -0.15) is 4.98 Å². The van der Waals surface area contributed by atoms with Crippen LogP contribution in [-0.4, -0.2) is 33.6 Å². The van der Waals surface area contributed by atoms with Crippen LogP contribution in [0.25, 0.3) is 0 Å². The number of amides is 2. The molecule has 0 aliphatic carbocycles. The van der Waals surface area contributed by atoms with Crippen LogP contribution in [0, 0.1) is 0 Å². The molecule has 2 aromatic heterocycles. The third-order valence-corrected chi connectivity index (χ3v) is 2.47. The number of carbonyl (C=O) groups is 2. The molecule has 2 rings (SSSR count). The second-order valence-electron chi connectivity index (χ2n) is 3.78. The fourth-order valence-corrected chi connectivity index (χ4v) is 1.47. The monoisotopic (exact) mass is 263 g/mol. The van der Waals surface area contributed by atoms with Crippen LogP contribution < -0.4 is 10.6 Å². The molecule has 8 heteroatoms. The molecule has 0 unspecified atom stereocenters. The van der Waals surface area contributed by atoms with E-state index in [0.717, 1.165) is 0 Å². The van der Waals surface area contributed by atoms with Gasteiger partial charge in [0.25, 0.3) is 17.6 Å². The summed E-state index contributed by atoms with van der Waals surface area (Å²) in [6, 6.07) is 3.46. The Labute approximate surface area is 108 Å². The highest BCUT2D eigenvalue weighted by Gasteiger charge is 2.14. The second-order valence-corrected chi connectivity index (χ2v) is 3.78. The van der Waals surface area contributed by atoms with E-state index in [9.17, 15) is 9.59 Å². The largest absolute Gasteiger partial charge is 0.352 e. The number of carbonyl (C=O) groups excluding carboxylic acids is 2. The van der Waals surface area contributed by atoms with Gasteiger partial charge in [0.15, 0.2) is 0 Å². The summed E-state index contributed by atoms with van der Waals surface area (Å²) in [4.78, 5) is 26.9. The van der Waals surface area contributed by atoms with Crippen molar-refractivity contribution in [2.45, 2.75) is 6.54 Å². The van der Waals surface area contributed by atoms with Gasteiger partial charge >= 0.3 is 0 Å². The summed E-state index contributed by atoms with van der Waals surface area (Å²) in [6.45, 7) is 0.0635. The van der Waals surface area contributed by atoms with Crippen LogP contribution in [-0.2, 0) is 13.6 Å². The molecule has 2 heterocycles. The molecule has 0 saturated heterocycles. The molecule has 100 valence electrons. The van der Waals surface area contributed by atoms with Gasteiger partial charge in [0.05, 0.1) is 6.54 Å². The predicted octanol–water partition coefficient (Wildman–Crippen LogP) is -0.302. The smallest absolute Gasteiger partial charge is 0.292 e. The lowest BCUT2D eigenvalue weighted by Gasteiger charge is -2.02. The van der Waals surface area contributed by atoms with Crippen molar-refractivity contribution in [2.24, 2.45) is 7.05 Å². The van der Waals surface area contributed by atoms with E-state index in [1.807, 2.05) is 0 Å². The van der Waals surface area contributed by atoms with Crippen LogP contribution >= 0.6 is 0 Å². The topological polar surface area (TPSA) is 102 Å². The fraction of sp³-hybridized carbons (Fsp3) is 0.273. The lowest BCUT2D eigenvalue weighted by Crippen LogP contribution is -2.25. The van der Waals surface area contributed by atoms with Crippen molar-refractivity contribution in [2.75, 3.05) is 7.05 Å². The minimum atomic E-state index is -0.441. The molecule has 0 aliphatic heterocycles. The lowest BCUT2D eigenvalue weighted by atomic mass is 10.4. The summed E-state index contributed by atoms with van der Waals surface area (Å²) in [7, 11) is 3.24. The Morgan fingerprint density at radius 2 is 2.21 bits per heavy atom. The first-order valence-corrected chi connectivity index (χ1v) is 5.56. The molecule has 8 nitrogen and oxygen atoms in total. The van der Waals surface area contributed by atoms with Gasteiger partial charge in [-0.1, -0.05) is 5.16 Å². The minimum absolute atomic E-state index is 0.0635. The van der Waals surface area contributed by atoms with Crippen LogP contribution in [0.5, 0.6) is 0 Å². The Bertz CT molecular complexity index is 601. The van der Waals surface area contributed by atoms with Crippen molar-refractivity contribution >= 4 is 11.8 Å². The quantitative estimate of drug-likeness (QED) is 0.788. The maximum absolute atomic E-state index is 11.8. The zero-order valence-corrected chi connectivity index (χ0v) is 10.5. The van der Waals surface area contributed by atoms with E-state index in [2.05, 4.69) is 20.8 Å². The molecule has 2 aromatic rings. The number of nitrogens with zero attached hydrogens (tertiary/aromatic N) is 3. The number of aromatic nitrogens is 3. The number of hydrogen-bond acceptors (Lipinski definition) is 5. The van der Waals surface area contributed by atoms with Crippen LogP contribution in [0.15, 0.2) is 22.9 Å². The second kappa shape index (κ2) is 5.34. The molecule has 0 fully saturated rings. The van der Waals surface area contributed by atoms with E-state index in [1.54, 1.807) is 29.9 Å². The van der Waals surface area contributed by atoms with Crippen molar-refractivity contribution in [1.82, 2.24) is 25.3 Å². The Balaban J connectivity index is 1.96. The predicted molar refractivity (Wildman–Crippen MR) is 64.3 cm³/mol. The van der Waals surface area contributed by atoms with Gasteiger partial charge in [-0.25, -0.2) is 0 Å². The first-order chi connectivity index (χ1) is 9.11. The number of aryl methyl sites for hydroxylation is 1. The highest BCUT2D eigenvalue weighted by Crippen LogP contribution is 2.01. The maximum Gasteiger partial charge on any atom is 0.292 e. The van der Waals surface area contributed by atoms with E-state index in [-0.39, 0.29) is 24.2 Å². The van der Waals surface area contributed by atoms with E-state index < -0.39 is 5.91 Å². The molecule has 0 saturated carbocycles. The number of rotatable bonds is 4. The normalized spacial score (nSPS) is 10.2. The fourth-order valence-electron chi connectivity index (χ4n) is 1.47. The third kappa shape index (κ3) is 2.79. The number of nitrogens with one attached hydrogen (secondary N) is 2. The van der Waals surface area contributed by atoms with Crippen LogP contribution in [0.2, 0.25) is 0 Å². The van der Waals surface area contributed by atoms with E-state index in [4.69, 9.17) is 4.52 Å². The summed E-state index contributed by atoms with van der Waals surface area (Å²) >= 11 is 0. The van der Waals surface area contributed by atoms with Gasteiger partial charge in [0, 0.05) is 20.3 Å². The zero-order valence-electron chi connectivity index (χ0n) is 10.5. The van der Waals surface area contributed by atoms with Crippen molar-refractivity contribution in [1.29, 1.82) is 0 Å². The number of hydrogen-bond donors (Lipinski definition) is 2. The lowest BCUT2D eigenvalue weighted by molar-refractivity contribution is 0.0933. The van der Waals surface area contributed by atoms with E-state index in [0.29, 0.717) is 5.69 Å². The summed E-state index contributed by atoms with van der Waals surface area (Å²) in [5, 5.41) is 8.49. The molecule has 0 aliphatic rings. The van der Waals surface area contributed by atoms with Crippen LogP contribution in [0.1, 0.15) is 27.0 Å². The molecule has 19 heavy (non-hydrogen) atoms. The molecular formula is C11H13N5O3. The van der Waals surface area contributed by atoms with Crippen molar-refractivity contribution in [3.63, 3.8) is 0 Å². The highest BCUT2D eigenvalue weighted by molar-refractivity contribution is 5.92. The highest BCUT2D eigenvalue weighted by atomic mass is 16.5. The molecule has 0 radical (unpaired) electrons. The van der Waals surface area contributed by atoms with Gasteiger partial charge in [0.2, 0.25) is 5.89 Å². The van der Waals surface area contributed by atoms with Gasteiger partial charge in [0.1, 0.15) is 5.69 Å². The maximum atomic E-state index is 11.8. The molecule has 0 atom stereocenters. The van der Waals surface area contributed by atoms with E-state index in [1.165, 1.54) is 7.05 Å². The van der Waals surface area contributed by atoms with Gasteiger partial charge in [-0.3, -0.25) is 9.59 Å². The SMILES string of the molecule is CNC(=O)c1noc(CNC(=O)c2cccn2C)n1. The first-order valence-electron chi connectivity index (χ1n) is 5.56. The molecule has 0 aromatic carbocycles. The summed E-state index contributed by atoms with van der Waals surface area (Å²) in [5.74, 6) is -0.595. The zero-order chi connectivity index (χ0) is 13.8. The Morgan fingerprint density at radius 1 is 1.42 bits per heavy atom. The molecular weight excluding hydrogens is 250 g/mol.